The molecule has 0 bridgehead atoms. The number of hydrogen-bond acceptors (Lipinski definition) is 3. The van der Waals surface area contributed by atoms with E-state index in [1.165, 1.54) is 11.1 Å². The molecule has 0 aliphatic carbocycles. The lowest BCUT2D eigenvalue weighted by atomic mass is 9.98. The number of hydrogen-bond donors (Lipinski definition) is 0. The van der Waals surface area contributed by atoms with Crippen molar-refractivity contribution in [2.75, 3.05) is 13.2 Å². The maximum Gasteiger partial charge on any atom is 0.226 e. The number of amides is 1. The highest BCUT2D eigenvalue weighted by atomic mass is 16.5. The highest BCUT2D eigenvalue weighted by molar-refractivity contribution is 5.81. The zero-order chi connectivity index (χ0) is 17.1. The third-order valence-electron chi connectivity index (χ3n) is 5.30. The zero-order valence-corrected chi connectivity index (χ0v) is 14.7. The molecule has 1 fully saturated rings. The Labute approximate surface area is 144 Å². The van der Waals surface area contributed by atoms with E-state index in [-0.39, 0.29) is 23.7 Å². The average molecular weight is 329 g/mol. The minimum absolute atomic E-state index is 0.0871. The lowest BCUT2D eigenvalue weighted by Gasteiger charge is -2.28. The van der Waals surface area contributed by atoms with Crippen LogP contribution in [-0.2, 0) is 16.0 Å². The minimum Gasteiger partial charge on any atom is -0.493 e. The topological polar surface area (TPSA) is 46.6 Å². The van der Waals surface area contributed by atoms with E-state index in [9.17, 15) is 9.59 Å². The summed E-state index contributed by atoms with van der Waals surface area (Å²) in [6.45, 7) is 5.33. The maximum atomic E-state index is 12.8. The normalized spacial score (nSPS) is 20.8. The molecular weight excluding hydrogens is 302 g/mol. The Balaban J connectivity index is 1.68. The largest absolute Gasteiger partial charge is 0.493 e. The summed E-state index contributed by atoms with van der Waals surface area (Å²) in [5.41, 5.74) is 2.44. The van der Waals surface area contributed by atoms with Gasteiger partial charge >= 0.3 is 0 Å². The van der Waals surface area contributed by atoms with E-state index in [2.05, 4.69) is 25.1 Å². The molecule has 2 aliphatic heterocycles. The van der Waals surface area contributed by atoms with Crippen molar-refractivity contribution in [3.8, 4) is 5.75 Å². The van der Waals surface area contributed by atoms with E-state index in [0.717, 1.165) is 51.0 Å². The van der Waals surface area contributed by atoms with Crippen LogP contribution in [0.25, 0.3) is 0 Å². The Morgan fingerprint density at radius 3 is 3.00 bits per heavy atom. The molecule has 24 heavy (non-hydrogen) atoms. The van der Waals surface area contributed by atoms with Gasteiger partial charge in [-0.25, -0.2) is 0 Å². The molecule has 1 amide bonds. The fraction of sp³-hybridized carbons (Fsp3) is 0.600. The van der Waals surface area contributed by atoms with E-state index in [1.54, 1.807) is 6.92 Å². The van der Waals surface area contributed by atoms with Crippen molar-refractivity contribution in [3.05, 3.63) is 29.3 Å². The van der Waals surface area contributed by atoms with E-state index >= 15 is 0 Å². The smallest absolute Gasteiger partial charge is 0.226 e. The first-order chi connectivity index (χ1) is 11.6. The molecule has 4 nitrogen and oxygen atoms in total. The van der Waals surface area contributed by atoms with Crippen LogP contribution in [0, 0.1) is 5.92 Å². The Morgan fingerprint density at radius 1 is 1.42 bits per heavy atom. The molecule has 1 aromatic carbocycles. The van der Waals surface area contributed by atoms with E-state index in [4.69, 9.17) is 4.74 Å². The summed E-state index contributed by atoms with van der Waals surface area (Å²) in [5, 5.41) is 0. The van der Waals surface area contributed by atoms with Gasteiger partial charge in [0.15, 0.2) is 0 Å². The van der Waals surface area contributed by atoms with Gasteiger partial charge in [0.05, 0.1) is 12.6 Å². The SMILES string of the molecule is CC[C@@H](c1ccc2c(c1)OCC2)N1CCC(CCCC(C)=O)C1=O. The summed E-state index contributed by atoms with van der Waals surface area (Å²) < 4.78 is 5.68. The lowest BCUT2D eigenvalue weighted by Crippen LogP contribution is -2.31. The van der Waals surface area contributed by atoms with Gasteiger partial charge in [0.2, 0.25) is 5.91 Å². The van der Waals surface area contributed by atoms with Crippen LogP contribution in [0.1, 0.15) is 63.1 Å². The van der Waals surface area contributed by atoms with Crippen molar-refractivity contribution >= 4 is 11.7 Å². The molecule has 3 rings (SSSR count). The van der Waals surface area contributed by atoms with Crippen molar-refractivity contribution in [1.29, 1.82) is 0 Å². The van der Waals surface area contributed by atoms with Gasteiger partial charge in [-0.05, 0) is 49.8 Å². The molecule has 4 heteroatoms. The van der Waals surface area contributed by atoms with E-state index < -0.39 is 0 Å². The number of rotatable bonds is 7. The number of carbonyl (C=O) groups is 2. The molecule has 1 aromatic rings. The number of ketones is 1. The average Bonchev–Trinajstić information content (AvgIpc) is 3.16. The highest BCUT2D eigenvalue weighted by Gasteiger charge is 2.35. The van der Waals surface area contributed by atoms with Crippen molar-refractivity contribution in [2.24, 2.45) is 5.92 Å². The van der Waals surface area contributed by atoms with Crippen LogP contribution in [0.15, 0.2) is 18.2 Å². The molecule has 0 saturated carbocycles. The molecule has 1 saturated heterocycles. The van der Waals surface area contributed by atoms with Gasteiger partial charge in [-0.1, -0.05) is 19.1 Å². The quantitative estimate of drug-likeness (QED) is 0.766. The fourth-order valence-corrected chi connectivity index (χ4v) is 3.96. The summed E-state index contributed by atoms with van der Waals surface area (Å²) in [7, 11) is 0. The molecule has 0 spiro atoms. The Kier molecular flexibility index (Phi) is 5.22. The van der Waals surface area contributed by atoms with E-state index in [1.807, 2.05) is 4.90 Å². The van der Waals surface area contributed by atoms with Crippen molar-refractivity contribution < 1.29 is 14.3 Å². The van der Waals surface area contributed by atoms with Gasteiger partial charge in [0, 0.05) is 25.3 Å². The third-order valence-corrected chi connectivity index (χ3v) is 5.30. The molecule has 130 valence electrons. The van der Waals surface area contributed by atoms with Crippen LogP contribution in [-0.4, -0.2) is 29.7 Å². The Morgan fingerprint density at radius 2 is 2.25 bits per heavy atom. The zero-order valence-electron chi connectivity index (χ0n) is 14.7. The number of carbonyl (C=O) groups excluding carboxylic acids is 2. The molecule has 2 atom stereocenters. The van der Waals surface area contributed by atoms with Crippen molar-refractivity contribution in [2.45, 2.75) is 58.4 Å². The van der Waals surface area contributed by atoms with Gasteiger partial charge in [-0.3, -0.25) is 4.79 Å². The standard InChI is InChI=1S/C20H27NO3/c1-3-18(17-8-7-15-10-12-24-19(15)13-17)21-11-9-16(20(21)23)6-4-5-14(2)22/h7-8,13,16,18H,3-6,9-12H2,1-2H3/t16?,18-/m0/s1. The van der Waals surface area contributed by atoms with Gasteiger partial charge in [0.25, 0.3) is 0 Å². The Bertz CT molecular complexity index is 625. The number of likely N-dealkylation sites (tertiary alicyclic amines) is 1. The summed E-state index contributed by atoms with van der Waals surface area (Å²) in [4.78, 5) is 25.9. The number of benzene rings is 1. The number of Topliss-reactive ketones (excluding diaryl/α,β-unsaturated/α-hetero) is 1. The predicted octanol–water partition coefficient (Wildman–Crippen LogP) is 3.68. The molecule has 1 unspecified atom stereocenters. The predicted molar refractivity (Wildman–Crippen MR) is 93.0 cm³/mol. The molecule has 2 heterocycles. The van der Waals surface area contributed by atoms with Gasteiger partial charge in [-0.15, -0.1) is 0 Å². The maximum absolute atomic E-state index is 12.8. The molecule has 0 aromatic heterocycles. The van der Waals surface area contributed by atoms with Crippen LogP contribution in [0.5, 0.6) is 5.75 Å². The minimum atomic E-state index is 0.0871. The molecular formula is C20H27NO3. The monoisotopic (exact) mass is 329 g/mol. The van der Waals surface area contributed by atoms with E-state index in [0.29, 0.717) is 6.42 Å². The van der Waals surface area contributed by atoms with Gasteiger partial charge < -0.3 is 14.4 Å². The van der Waals surface area contributed by atoms with Crippen LogP contribution < -0.4 is 4.74 Å². The first kappa shape index (κ1) is 17.0. The second-order valence-corrected chi connectivity index (χ2v) is 7.00. The van der Waals surface area contributed by atoms with Crippen LogP contribution in [0.2, 0.25) is 0 Å². The lowest BCUT2D eigenvalue weighted by molar-refractivity contribution is -0.133. The summed E-state index contributed by atoms with van der Waals surface area (Å²) in [6, 6.07) is 6.54. The molecule has 2 aliphatic rings. The number of ether oxygens (including phenoxy) is 1. The first-order valence-corrected chi connectivity index (χ1v) is 9.15. The van der Waals surface area contributed by atoms with Gasteiger partial charge in [0.1, 0.15) is 11.5 Å². The van der Waals surface area contributed by atoms with Gasteiger partial charge in [-0.2, -0.15) is 0 Å². The molecule has 0 N–H and O–H groups in total. The number of fused-ring (bicyclic) bond motifs is 1. The van der Waals surface area contributed by atoms with Crippen molar-refractivity contribution in [3.63, 3.8) is 0 Å². The summed E-state index contributed by atoms with van der Waals surface area (Å²) in [6.07, 6.45) is 5.04. The highest BCUT2D eigenvalue weighted by Crippen LogP contribution is 2.36. The third kappa shape index (κ3) is 3.47. The fourth-order valence-electron chi connectivity index (χ4n) is 3.96. The summed E-state index contributed by atoms with van der Waals surface area (Å²) in [5.74, 6) is 1.54. The summed E-state index contributed by atoms with van der Waals surface area (Å²) >= 11 is 0. The second kappa shape index (κ2) is 7.37. The van der Waals surface area contributed by atoms with Crippen molar-refractivity contribution in [1.82, 2.24) is 4.90 Å². The first-order valence-electron chi connectivity index (χ1n) is 9.15. The van der Waals surface area contributed by atoms with Crippen LogP contribution in [0.3, 0.4) is 0 Å². The Hall–Kier alpha value is -1.84. The number of nitrogens with zero attached hydrogens (tertiary/aromatic N) is 1. The van der Waals surface area contributed by atoms with Crippen LogP contribution >= 0.6 is 0 Å². The second-order valence-electron chi connectivity index (χ2n) is 7.00. The molecule has 0 radical (unpaired) electrons. The van der Waals surface area contributed by atoms with Crippen LogP contribution in [0.4, 0.5) is 0 Å².